The van der Waals surface area contributed by atoms with Crippen LogP contribution < -0.4 is 20.3 Å². The highest BCUT2D eigenvalue weighted by molar-refractivity contribution is 5.81. The molecule has 2 aromatic carbocycles. The molecule has 10 heteroatoms. The molecule has 0 bridgehead atoms. The lowest BCUT2D eigenvalue weighted by molar-refractivity contribution is -0.121. The van der Waals surface area contributed by atoms with E-state index in [2.05, 4.69) is 15.2 Å². The van der Waals surface area contributed by atoms with Crippen LogP contribution in [0, 0.1) is 5.82 Å². The topological polar surface area (TPSA) is 94.9 Å². The van der Waals surface area contributed by atoms with E-state index in [-0.39, 0.29) is 29.7 Å². The van der Waals surface area contributed by atoms with Gasteiger partial charge in [0.25, 0.3) is 5.56 Å². The average molecular weight is 499 g/mol. The van der Waals surface area contributed by atoms with Gasteiger partial charge in [0.2, 0.25) is 5.91 Å². The van der Waals surface area contributed by atoms with Crippen LogP contribution in [-0.4, -0.2) is 67.4 Å². The van der Waals surface area contributed by atoms with Gasteiger partial charge in [-0.1, -0.05) is 12.1 Å². The Hall–Kier alpha value is -3.50. The Labute approximate surface area is 208 Å². The van der Waals surface area contributed by atoms with Gasteiger partial charge in [-0.3, -0.25) is 19.1 Å². The lowest BCUT2D eigenvalue weighted by Crippen LogP contribution is -2.43. The number of aryl methyl sites for hydroxylation is 1. The number of nitrogens with zero attached hydrogens (tertiary/aromatic N) is 3. The molecule has 3 aromatic rings. The molecule has 9 nitrogen and oxygen atoms in total. The van der Waals surface area contributed by atoms with Crippen LogP contribution in [-0.2, 0) is 16.1 Å². The van der Waals surface area contributed by atoms with Gasteiger partial charge in [0.1, 0.15) is 5.82 Å². The van der Waals surface area contributed by atoms with Gasteiger partial charge in [-0.05, 0) is 30.2 Å². The summed E-state index contributed by atoms with van der Waals surface area (Å²) in [4.78, 5) is 32.1. The Morgan fingerprint density at radius 3 is 2.53 bits per heavy atom. The molecule has 1 amide bonds. The van der Waals surface area contributed by atoms with Crippen molar-refractivity contribution in [2.75, 3.05) is 47.1 Å². The Morgan fingerprint density at radius 1 is 1.14 bits per heavy atom. The summed E-state index contributed by atoms with van der Waals surface area (Å²) in [6.07, 6.45) is 2.22. The number of amides is 1. The monoisotopic (exact) mass is 498 g/mol. The fourth-order valence-electron chi connectivity index (χ4n) is 4.39. The van der Waals surface area contributed by atoms with Crippen LogP contribution >= 0.6 is 0 Å². The molecule has 1 aromatic heterocycles. The lowest BCUT2D eigenvalue weighted by atomic mass is 10.0. The maximum absolute atomic E-state index is 13.4. The summed E-state index contributed by atoms with van der Waals surface area (Å²) in [6, 6.07) is 9.60. The van der Waals surface area contributed by atoms with Crippen molar-refractivity contribution < 1.29 is 23.4 Å². The van der Waals surface area contributed by atoms with Gasteiger partial charge in [-0.15, -0.1) is 0 Å². The summed E-state index contributed by atoms with van der Waals surface area (Å²) in [5.74, 6) is 0.558. The van der Waals surface area contributed by atoms with Gasteiger partial charge in [0.15, 0.2) is 11.5 Å². The predicted molar refractivity (Wildman–Crippen MR) is 133 cm³/mol. The minimum absolute atomic E-state index is 0.0715. The van der Waals surface area contributed by atoms with Gasteiger partial charge < -0.3 is 19.5 Å². The molecular formula is C26H31FN4O5. The van der Waals surface area contributed by atoms with Crippen molar-refractivity contribution >= 4 is 16.8 Å². The van der Waals surface area contributed by atoms with Crippen LogP contribution in [0.1, 0.15) is 24.4 Å². The third kappa shape index (κ3) is 6.00. The van der Waals surface area contributed by atoms with Gasteiger partial charge in [0.05, 0.1) is 50.7 Å². The molecule has 1 saturated heterocycles. The Balaban J connectivity index is 1.36. The van der Waals surface area contributed by atoms with E-state index in [1.165, 1.54) is 37.2 Å². The minimum Gasteiger partial charge on any atom is -0.493 e. The molecule has 1 aliphatic rings. The zero-order valence-corrected chi connectivity index (χ0v) is 20.5. The maximum atomic E-state index is 13.4. The minimum atomic E-state index is -0.292. The summed E-state index contributed by atoms with van der Waals surface area (Å²) in [7, 11) is 3.04. The normalized spacial score (nSPS) is 15.0. The fraction of sp³-hybridized carbons (Fsp3) is 0.423. The molecule has 0 aliphatic carbocycles. The zero-order valence-electron chi connectivity index (χ0n) is 20.5. The van der Waals surface area contributed by atoms with E-state index in [1.54, 1.807) is 24.3 Å². The summed E-state index contributed by atoms with van der Waals surface area (Å²) in [5.41, 5.74) is 1.26. The largest absolute Gasteiger partial charge is 0.493 e. The van der Waals surface area contributed by atoms with Crippen molar-refractivity contribution in [1.29, 1.82) is 0 Å². The van der Waals surface area contributed by atoms with Crippen LogP contribution in [0.15, 0.2) is 47.5 Å². The molecule has 2 heterocycles. The molecule has 1 atom stereocenters. The van der Waals surface area contributed by atoms with E-state index in [0.717, 1.165) is 18.7 Å². The van der Waals surface area contributed by atoms with E-state index in [9.17, 15) is 14.0 Å². The highest BCUT2D eigenvalue weighted by Crippen LogP contribution is 2.29. The Morgan fingerprint density at radius 2 is 1.83 bits per heavy atom. The smallest absolute Gasteiger partial charge is 0.261 e. The molecule has 192 valence electrons. The van der Waals surface area contributed by atoms with Gasteiger partial charge in [-0.2, -0.15) is 0 Å². The number of hydrogen-bond acceptors (Lipinski definition) is 7. The second kappa shape index (κ2) is 12.0. The van der Waals surface area contributed by atoms with Crippen molar-refractivity contribution in [2.24, 2.45) is 0 Å². The first-order valence-electron chi connectivity index (χ1n) is 11.9. The SMILES string of the molecule is COc1cc2ncn(CCCC(=O)NCC(c3ccc(F)cc3)N3CCOCC3)c(=O)c2cc1OC. The van der Waals surface area contributed by atoms with Crippen molar-refractivity contribution in [3.8, 4) is 11.5 Å². The number of morpholine rings is 1. The highest BCUT2D eigenvalue weighted by atomic mass is 19.1. The van der Waals surface area contributed by atoms with E-state index < -0.39 is 0 Å². The van der Waals surface area contributed by atoms with Crippen LogP contribution in [0.2, 0.25) is 0 Å². The Bertz CT molecular complexity index is 1240. The predicted octanol–water partition coefficient (Wildman–Crippen LogP) is 2.52. The number of methoxy groups -OCH3 is 2. The number of rotatable bonds is 10. The fourth-order valence-corrected chi connectivity index (χ4v) is 4.39. The molecular weight excluding hydrogens is 467 g/mol. The number of fused-ring (bicyclic) bond motifs is 1. The zero-order chi connectivity index (χ0) is 25.5. The molecule has 0 radical (unpaired) electrons. The number of aromatic nitrogens is 2. The van der Waals surface area contributed by atoms with Crippen molar-refractivity contribution in [3.63, 3.8) is 0 Å². The van der Waals surface area contributed by atoms with E-state index in [4.69, 9.17) is 14.2 Å². The summed E-state index contributed by atoms with van der Waals surface area (Å²) in [6.45, 7) is 3.49. The van der Waals surface area contributed by atoms with Crippen LogP contribution in [0.25, 0.3) is 10.9 Å². The van der Waals surface area contributed by atoms with Crippen molar-refractivity contribution in [2.45, 2.75) is 25.4 Å². The quantitative estimate of drug-likeness (QED) is 0.459. The molecule has 1 unspecified atom stereocenters. The molecule has 0 saturated carbocycles. The number of benzene rings is 2. The van der Waals surface area contributed by atoms with Crippen LogP contribution in [0.4, 0.5) is 4.39 Å². The molecule has 1 fully saturated rings. The van der Waals surface area contributed by atoms with Crippen molar-refractivity contribution in [1.82, 2.24) is 19.8 Å². The van der Waals surface area contributed by atoms with E-state index >= 15 is 0 Å². The third-order valence-electron chi connectivity index (χ3n) is 6.37. The Kier molecular flexibility index (Phi) is 8.50. The van der Waals surface area contributed by atoms with E-state index in [0.29, 0.717) is 55.1 Å². The number of hydrogen-bond donors (Lipinski definition) is 1. The molecule has 1 N–H and O–H groups in total. The molecule has 4 rings (SSSR count). The number of halogens is 1. The maximum Gasteiger partial charge on any atom is 0.261 e. The second-order valence-electron chi connectivity index (χ2n) is 8.59. The molecule has 1 aliphatic heterocycles. The second-order valence-corrected chi connectivity index (χ2v) is 8.59. The van der Waals surface area contributed by atoms with E-state index in [1.807, 2.05) is 0 Å². The first-order chi connectivity index (χ1) is 17.5. The standard InChI is InChI=1S/C26H31FN4O5/c1-34-23-14-20-21(15-24(23)35-2)29-17-31(26(20)33)9-3-4-25(32)28-16-22(30-10-12-36-13-11-30)18-5-7-19(27)8-6-18/h5-8,14-15,17,22H,3-4,9-13,16H2,1-2H3,(H,28,32). The third-order valence-corrected chi connectivity index (χ3v) is 6.37. The molecule has 0 spiro atoms. The lowest BCUT2D eigenvalue weighted by Gasteiger charge is -2.35. The first-order valence-corrected chi connectivity index (χ1v) is 11.9. The first kappa shape index (κ1) is 25.6. The summed E-state index contributed by atoms with van der Waals surface area (Å²) in [5, 5.41) is 3.43. The summed E-state index contributed by atoms with van der Waals surface area (Å²) >= 11 is 0. The van der Waals surface area contributed by atoms with Crippen molar-refractivity contribution in [3.05, 3.63) is 64.5 Å². The van der Waals surface area contributed by atoms with Gasteiger partial charge in [-0.25, -0.2) is 9.37 Å². The highest BCUT2D eigenvalue weighted by Gasteiger charge is 2.23. The summed E-state index contributed by atoms with van der Waals surface area (Å²) < 4.78 is 30.9. The average Bonchev–Trinajstić information content (AvgIpc) is 2.91. The molecule has 36 heavy (non-hydrogen) atoms. The number of carbonyl (C=O) groups excluding carboxylic acids is 1. The number of carbonyl (C=O) groups is 1. The van der Waals surface area contributed by atoms with Crippen LogP contribution in [0.3, 0.4) is 0 Å². The van der Waals surface area contributed by atoms with Gasteiger partial charge >= 0.3 is 0 Å². The number of ether oxygens (including phenoxy) is 3. The van der Waals surface area contributed by atoms with Gasteiger partial charge in [0, 0.05) is 38.7 Å². The number of nitrogens with one attached hydrogen (secondary N) is 1. The van der Waals surface area contributed by atoms with Crippen LogP contribution in [0.5, 0.6) is 11.5 Å².